The van der Waals surface area contributed by atoms with Crippen LogP contribution in [0.25, 0.3) is 0 Å². The van der Waals surface area contributed by atoms with Crippen LogP contribution in [0.4, 0.5) is 0 Å². The Morgan fingerprint density at radius 1 is 1.00 bits per heavy atom. The molecule has 0 atom stereocenters. The van der Waals surface area contributed by atoms with Crippen LogP contribution >= 0.6 is 0 Å². The highest BCUT2D eigenvalue weighted by molar-refractivity contribution is 4.86. The van der Waals surface area contributed by atoms with Crippen molar-refractivity contribution < 1.29 is 4.74 Å². The van der Waals surface area contributed by atoms with Gasteiger partial charge in [0.1, 0.15) is 0 Å². The second kappa shape index (κ2) is 5.83. The first-order valence-electron chi connectivity index (χ1n) is 6.38. The van der Waals surface area contributed by atoms with E-state index in [4.69, 9.17) is 4.74 Å². The van der Waals surface area contributed by atoms with Crippen LogP contribution in [0.15, 0.2) is 0 Å². The summed E-state index contributed by atoms with van der Waals surface area (Å²) in [5, 5.41) is 7.18. The summed E-state index contributed by atoms with van der Waals surface area (Å²) < 4.78 is 5.25. The molecule has 0 heterocycles. The van der Waals surface area contributed by atoms with Crippen molar-refractivity contribution >= 4 is 0 Å². The molecule has 0 aromatic carbocycles. The van der Waals surface area contributed by atoms with Gasteiger partial charge in [-0.3, -0.25) is 0 Å². The van der Waals surface area contributed by atoms with Crippen LogP contribution < -0.4 is 10.6 Å². The highest BCUT2D eigenvalue weighted by Gasteiger charge is 2.28. The molecule has 0 aromatic heterocycles. The van der Waals surface area contributed by atoms with Crippen LogP contribution in [0.1, 0.15) is 38.5 Å². The Morgan fingerprint density at radius 2 is 1.60 bits per heavy atom. The molecule has 0 amide bonds. The van der Waals surface area contributed by atoms with E-state index in [9.17, 15) is 0 Å². The lowest BCUT2D eigenvalue weighted by molar-refractivity contribution is 0.0176. The Balaban J connectivity index is 1.42. The van der Waals surface area contributed by atoms with E-state index in [2.05, 4.69) is 10.6 Å². The number of hydrogen-bond acceptors (Lipinski definition) is 3. The topological polar surface area (TPSA) is 33.3 Å². The molecular weight excluding hydrogens is 188 g/mol. The van der Waals surface area contributed by atoms with Gasteiger partial charge in [-0.05, 0) is 25.7 Å². The molecule has 3 nitrogen and oxygen atoms in total. The lowest BCUT2D eigenvalue weighted by Crippen LogP contribution is -2.47. The summed E-state index contributed by atoms with van der Waals surface area (Å²) in [5.74, 6) is 0. The van der Waals surface area contributed by atoms with E-state index < -0.39 is 0 Å². The Labute approximate surface area is 93.0 Å². The third kappa shape index (κ3) is 3.44. The third-order valence-corrected chi connectivity index (χ3v) is 3.77. The minimum atomic E-state index is 0.519. The molecule has 0 aliphatic heterocycles. The van der Waals surface area contributed by atoms with Crippen molar-refractivity contribution in [1.82, 2.24) is 10.6 Å². The van der Waals surface area contributed by atoms with E-state index >= 15 is 0 Å². The van der Waals surface area contributed by atoms with E-state index in [-0.39, 0.29) is 0 Å². The van der Waals surface area contributed by atoms with Gasteiger partial charge in [0.25, 0.3) is 0 Å². The zero-order chi connectivity index (χ0) is 10.5. The average molecular weight is 212 g/mol. The van der Waals surface area contributed by atoms with Gasteiger partial charge in [0, 0.05) is 32.3 Å². The van der Waals surface area contributed by atoms with Gasteiger partial charge in [0.2, 0.25) is 0 Å². The number of hydrogen-bond donors (Lipinski definition) is 2. The van der Waals surface area contributed by atoms with Crippen molar-refractivity contribution in [2.75, 3.05) is 20.2 Å². The average Bonchev–Trinajstić information content (AvgIpc) is 2.67. The maximum atomic E-state index is 5.25. The summed E-state index contributed by atoms with van der Waals surface area (Å²) in [7, 11) is 1.81. The van der Waals surface area contributed by atoms with Crippen molar-refractivity contribution in [1.29, 1.82) is 0 Å². The van der Waals surface area contributed by atoms with Crippen molar-refractivity contribution in [3.63, 3.8) is 0 Å². The van der Waals surface area contributed by atoms with E-state index in [1.807, 2.05) is 7.11 Å². The summed E-state index contributed by atoms with van der Waals surface area (Å²) in [6, 6.07) is 1.51. The summed E-state index contributed by atoms with van der Waals surface area (Å²) >= 11 is 0. The molecule has 2 saturated carbocycles. The third-order valence-electron chi connectivity index (χ3n) is 3.77. The number of nitrogens with one attached hydrogen (secondary N) is 2. The predicted octanol–water partition coefficient (Wildman–Crippen LogP) is 1.29. The van der Waals surface area contributed by atoms with Crippen molar-refractivity contribution in [2.24, 2.45) is 0 Å². The first-order valence-corrected chi connectivity index (χ1v) is 6.38. The Hall–Kier alpha value is -0.120. The van der Waals surface area contributed by atoms with Crippen LogP contribution in [0.2, 0.25) is 0 Å². The quantitative estimate of drug-likeness (QED) is 0.651. The van der Waals surface area contributed by atoms with E-state index in [1.165, 1.54) is 38.5 Å². The van der Waals surface area contributed by atoms with Gasteiger partial charge in [0.15, 0.2) is 0 Å². The van der Waals surface area contributed by atoms with Gasteiger partial charge in [-0.25, -0.2) is 0 Å². The maximum Gasteiger partial charge on any atom is 0.0601 e. The second-order valence-electron chi connectivity index (χ2n) is 4.92. The van der Waals surface area contributed by atoms with Crippen molar-refractivity contribution in [2.45, 2.75) is 56.7 Å². The van der Waals surface area contributed by atoms with Crippen LogP contribution in [-0.2, 0) is 4.74 Å². The maximum absolute atomic E-state index is 5.25. The van der Waals surface area contributed by atoms with Crippen molar-refractivity contribution in [3.05, 3.63) is 0 Å². The minimum absolute atomic E-state index is 0.519. The molecule has 0 saturated heterocycles. The van der Waals surface area contributed by atoms with Crippen LogP contribution in [0.3, 0.4) is 0 Å². The molecule has 0 spiro atoms. The molecule has 0 unspecified atom stereocenters. The lowest BCUT2D eigenvalue weighted by atomic mass is 9.89. The highest BCUT2D eigenvalue weighted by atomic mass is 16.5. The zero-order valence-corrected chi connectivity index (χ0v) is 9.80. The van der Waals surface area contributed by atoms with E-state index in [0.717, 1.165) is 19.1 Å². The Bertz CT molecular complexity index is 174. The molecule has 2 aliphatic rings. The van der Waals surface area contributed by atoms with Gasteiger partial charge >= 0.3 is 0 Å². The van der Waals surface area contributed by atoms with Gasteiger partial charge in [0.05, 0.1) is 6.10 Å². The fraction of sp³-hybridized carbons (Fsp3) is 1.00. The largest absolute Gasteiger partial charge is 0.381 e. The van der Waals surface area contributed by atoms with E-state index in [1.54, 1.807) is 0 Å². The normalized spacial score (nSPS) is 31.8. The molecule has 2 fully saturated rings. The zero-order valence-electron chi connectivity index (χ0n) is 9.80. The summed E-state index contributed by atoms with van der Waals surface area (Å²) in [5.41, 5.74) is 0. The van der Waals surface area contributed by atoms with Crippen LogP contribution in [-0.4, -0.2) is 38.4 Å². The molecule has 0 radical (unpaired) electrons. The molecule has 2 aliphatic carbocycles. The van der Waals surface area contributed by atoms with Crippen molar-refractivity contribution in [3.8, 4) is 0 Å². The fourth-order valence-electron chi connectivity index (χ4n) is 2.61. The second-order valence-corrected chi connectivity index (χ2v) is 4.92. The van der Waals surface area contributed by atoms with Gasteiger partial charge in [-0.15, -0.1) is 0 Å². The van der Waals surface area contributed by atoms with E-state index in [0.29, 0.717) is 12.1 Å². The first kappa shape index (κ1) is 11.4. The number of ether oxygens (including phenoxy) is 1. The lowest BCUT2D eigenvalue weighted by Gasteiger charge is -2.34. The van der Waals surface area contributed by atoms with Gasteiger partial charge in [-0.1, -0.05) is 12.8 Å². The molecular formula is C12H24N2O. The highest BCUT2D eigenvalue weighted by Crippen LogP contribution is 2.22. The fourth-order valence-corrected chi connectivity index (χ4v) is 2.61. The number of methoxy groups -OCH3 is 1. The molecule has 0 aromatic rings. The molecule has 88 valence electrons. The Kier molecular flexibility index (Phi) is 4.42. The molecule has 2 N–H and O–H groups in total. The number of rotatable bonds is 6. The van der Waals surface area contributed by atoms with Gasteiger partial charge < -0.3 is 15.4 Å². The molecule has 0 bridgehead atoms. The monoisotopic (exact) mass is 212 g/mol. The smallest absolute Gasteiger partial charge is 0.0601 e. The summed E-state index contributed by atoms with van der Waals surface area (Å²) in [4.78, 5) is 0. The molecule has 15 heavy (non-hydrogen) atoms. The Morgan fingerprint density at radius 3 is 2.20 bits per heavy atom. The SMILES string of the molecule is COC1CC(NCCNC2CCCC2)C1. The first-order chi connectivity index (χ1) is 7.38. The standard InChI is InChI=1S/C12H24N2O/c1-15-12-8-11(9-12)14-7-6-13-10-4-2-3-5-10/h10-14H,2-9H2,1H3. The minimum Gasteiger partial charge on any atom is -0.381 e. The van der Waals surface area contributed by atoms with Gasteiger partial charge in [-0.2, -0.15) is 0 Å². The predicted molar refractivity (Wildman–Crippen MR) is 62.1 cm³/mol. The van der Waals surface area contributed by atoms with Crippen LogP contribution in [0.5, 0.6) is 0 Å². The summed E-state index contributed by atoms with van der Waals surface area (Å²) in [6.07, 6.45) is 8.52. The summed E-state index contributed by atoms with van der Waals surface area (Å²) in [6.45, 7) is 2.23. The molecule has 3 heteroatoms. The van der Waals surface area contributed by atoms with Crippen LogP contribution in [0, 0.1) is 0 Å². The molecule has 2 rings (SSSR count).